The van der Waals surface area contributed by atoms with E-state index in [0.717, 1.165) is 19.4 Å². The smallest absolute Gasteiger partial charge is 0.311 e. The van der Waals surface area contributed by atoms with Crippen LogP contribution in [0.3, 0.4) is 0 Å². The van der Waals surface area contributed by atoms with E-state index in [9.17, 15) is 10.1 Å². The molecule has 1 atom stereocenters. The van der Waals surface area contributed by atoms with E-state index in [1.165, 1.54) is 6.07 Å². The Kier molecular flexibility index (Phi) is 3.93. The Morgan fingerprint density at radius 2 is 2.44 bits per heavy atom. The van der Waals surface area contributed by atoms with Crippen LogP contribution in [0.4, 0.5) is 17.3 Å². The van der Waals surface area contributed by atoms with E-state index in [4.69, 9.17) is 4.74 Å². The topological polar surface area (TPSA) is 89.3 Å². The lowest BCUT2D eigenvalue weighted by atomic mass is 10.2. The van der Waals surface area contributed by atoms with E-state index >= 15 is 0 Å². The summed E-state index contributed by atoms with van der Waals surface area (Å²) >= 11 is 0. The summed E-state index contributed by atoms with van der Waals surface area (Å²) < 4.78 is 5.46. The molecular weight excluding hydrogens is 236 g/mol. The van der Waals surface area contributed by atoms with Gasteiger partial charge in [0, 0.05) is 26.3 Å². The van der Waals surface area contributed by atoms with Gasteiger partial charge in [0.25, 0.3) is 0 Å². The average Bonchev–Trinajstić information content (AvgIpc) is 2.88. The largest absolute Gasteiger partial charge is 0.376 e. The number of anilines is 2. The highest BCUT2D eigenvalue weighted by atomic mass is 16.6. The van der Waals surface area contributed by atoms with Crippen molar-refractivity contribution in [3.05, 3.63) is 22.2 Å². The van der Waals surface area contributed by atoms with Gasteiger partial charge in [-0.05, 0) is 18.9 Å². The van der Waals surface area contributed by atoms with Crippen LogP contribution in [0, 0.1) is 10.1 Å². The fourth-order valence-corrected chi connectivity index (χ4v) is 1.88. The summed E-state index contributed by atoms with van der Waals surface area (Å²) in [7, 11) is 1.72. The Labute approximate surface area is 105 Å². The second-order valence-electron chi connectivity index (χ2n) is 4.09. The Morgan fingerprint density at radius 1 is 1.61 bits per heavy atom. The summed E-state index contributed by atoms with van der Waals surface area (Å²) in [5.74, 6) is 0.873. The average molecular weight is 252 g/mol. The molecule has 1 aliphatic heterocycles. The summed E-state index contributed by atoms with van der Waals surface area (Å²) in [6, 6.07) is 3.02. The number of rotatable bonds is 5. The summed E-state index contributed by atoms with van der Waals surface area (Å²) in [5, 5.41) is 16.7. The molecule has 0 radical (unpaired) electrons. The number of hydrogen-bond donors (Lipinski definition) is 2. The molecule has 0 aromatic carbocycles. The van der Waals surface area contributed by atoms with Crippen LogP contribution in [0.15, 0.2) is 12.1 Å². The maximum Gasteiger partial charge on any atom is 0.311 e. The SMILES string of the molecule is CNc1ccc([N+](=O)[O-])c(NCC2CCCO2)n1. The van der Waals surface area contributed by atoms with E-state index < -0.39 is 4.92 Å². The van der Waals surface area contributed by atoms with Gasteiger partial charge >= 0.3 is 5.69 Å². The van der Waals surface area contributed by atoms with E-state index in [1.54, 1.807) is 13.1 Å². The summed E-state index contributed by atoms with van der Waals surface area (Å²) in [4.78, 5) is 14.6. The minimum atomic E-state index is -0.440. The molecule has 98 valence electrons. The van der Waals surface area contributed by atoms with Crippen LogP contribution < -0.4 is 10.6 Å². The molecule has 0 aliphatic carbocycles. The van der Waals surface area contributed by atoms with E-state index in [-0.39, 0.29) is 17.6 Å². The summed E-state index contributed by atoms with van der Waals surface area (Å²) in [6.07, 6.45) is 2.13. The van der Waals surface area contributed by atoms with E-state index in [2.05, 4.69) is 15.6 Å². The quantitative estimate of drug-likeness (QED) is 0.611. The molecule has 7 nitrogen and oxygen atoms in total. The van der Waals surface area contributed by atoms with Crippen LogP contribution in [0.5, 0.6) is 0 Å². The fourth-order valence-electron chi connectivity index (χ4n) is 1.88. The first-order chi connectivity index (χ1) is 8.70. The van der Waals surface area contributed by atoms with E-state index in [0.29, 0.717) is 12.4 Å². The number of pyridine rings is 1. The third-order valence-electron chi connectivity index (χ3n) is 2.85. The van der Waals surface area contributed by atoms with Gasteiger partial charge in [-0.3, -0.25) is 10.1 Å². The Bertz CT molecular complexity index is 432. The van der Waals surface area contributed by atoms with Gasteiger partial charge in [-0.15, -0.1) is 0 Å². The van der Waals surface area contributed by atoms with Gasteiger partial charge in [-0.1, -0.05) is 0 Å². The second kappa shape index (κ2) is 5.63. The van der Waals surface area contributed by atoms with Crippen molar-refractivity contribution in [2.45, 2.75) is 18.9 Å². The molecule has 0 spiro atoms. The lowest BCUT2D eigenvalue weighted by Gasteiger charge is -2.12. The Balaban J connectivity index is 2.10. The first-order valence-electron chi connectivity index (χ1n) is 5.89. The van der Waals surface area contributed by atoms with Gasteiger partial charge in [0.15, 0.2) is 0 Å². The monoisotopic (exact) mass is 252 g/mol. The zero-order chi connectivity index (χ0) is 13.0. The van der Waals surface area contributed by atoms with Crippen LogP contribution >= 0.6 is 0 Å². The van der Waals surface area contributed by atoms with Crippen molar-refractivity contribution in [3.8, 4) is 0 Å². The van der Waals surface area contributed by atoms with E-state index in [1.807, 2.05) is 0 Å². The Morgan fingerprint density at radius 3 is 3.06 bits per heavy atom. The predicted molar refractivity (Wildman–Crippen MR) is 67.9 cm³/mol. The number of ether oxygens (including phenoxy) is 1. The molecule has 7 heteroatoms. The molecule has 0 bridgehead atoms. The molecule has 1 aromatic rings. The van der Waals surface area contributed by atoms with Crippen LogP contribution in [-0.4, -0.2) is 36.2 Å². The normalized spacial score (nSPS) is 18.6. The molecule has 1 aliphatic rings. The Hall–Kier alpha value is -1.89. The molecule has 1 aromatic heterocycles. The molecule has 0 saturated carbocycles. The van der Waals surface area contributed by atoms with Gasteiger partial charge in [0.1, 0.15) is 5.82 Å². The van der Waals surface area contributed by atoms with Gasteiger partial charge in [0.05, 0.1) is 11.0 Å². The van der Waals surface area contributed by atoms with Crippen molar-refractivity contribution < 1.29 is 9.66 Å². The first-order valence-corrected chi connectivity index (χ1v) is 5.89. The third kappa shape index (κ3) is 2.86. The van der Waals surface area contributed by atoms with Crippen molar-refractivity contribution in [3.63, 3.8) is 0 Å². The number of hydrogen-bond acceptors (Lipinski definition) is 6. The van der Waals surface area contributed by atoms with Crippen LogP contribution in [0.1, 0.15) is 12.8 Å². The minimum Gasteiger partial charge on any atom is -0.376 e. The molecule has 18 heavy (non-hydrogen) atoms. The van der Waals surface area contributed by atoms with Crippen molar-refractivity contribution in [1.82, 2.24) is 4.98 Å². The molecule has 1 saturated heterocycles. The predicted octanol–water partition coefficient (Wildman–Crippen LogP) is 1.62. The summed E-state index contributed by atoms with van der Waals surface area (Å²) in [6.45, 7) is 1.30. The molecule has 2 heterocycles. The highest BCUT2D eigenvalue weighted by molar-refractivity contribution is 5.60. The molecule has 1 fully saturated rings. The lowest BCUT2D eigenvalue weighted by molar-refractivity contribution is -0.384. The van der Waals surface area contributed by atoms with Crippen LogP contribution in [-0.2, 0) is 4.74 Å². The van der Waals surface area contributed by atoms with Crippen molar-refractivity contribution in [2.24, 2.45) is 0 Å². The van der Waals surface area contributed by atoms with Crippen molar-refractivity contribution >= 4 is 17.3 Å². The first kappa shape index (κ1) is 12.6. The van der Waals surface area contributed by atoms with Gasteiger partial charge in [-0.25, -0.2) is 4.98 Å². The zero-order valence-corrected chi connectivity index (χ0v) is 10.2. The number of aromatic nitrogens is 1. The maximum absolute atomic E-state index is 10.9. The third-order valence-corrected chi connectivity index (χ3v) is 2.85. The molecular formula is C11H16N4O3. The van der Waals surface area contributed by atoms with Gasteiger partial charge < -0.3 is 15.4 Å². The van der Waals surface area contributed by atoms with Crippen LogP contribution in [0.2, 0.25) is 0 Å². The highest BCUT2D eigenvalue weighted by Gasteiger charge is 2.19. The zero-order valence-electron chi connectivity index (χ0n) is 10.2. The second-order valence-corrected chi connectivity index (χ2v) is 4.09. The summed E-state index contributed by atoms with van der Waals surface area (Å²) in [5.41, 5.74) is -0.0213. The lowest BCUT2D eigenvalue weighted by Crippen LogP contribution is -2.19. The fraction of sp³-hybridized carbons (Fsp3) is 0.545. The number of nitrogens with one attached hydrogen (secondary N) is 2. The molecule has 1 unspecified atom stereocenters. The minimum absolute atomic E-state index is 0.0213. The highest BCUT2D eigenvalue weighted by Crippen LogP contribution is 2.24. The van der Waals surface area contributed by atoms with Crippen molar-refractivity contribution in [2.75, 3.05) is 30.8 Å². The molecule has 0 amide bonds. The molecule has 2 rings (SSSR count). The van der Waals surface area contributed by atoms with Crippen LogP contribution in [0.25, 0.3) is 0 Å². The maximum atomic E-state index is 10.9. The molecule has 2 N–H and O–H groups in total. The number of nitrogens with zero attached hydrogens (tertiary/aromatic N) is 2. The number of nitro groups is 1. The van der Waals surface area contributed by atoms with Crippen molar-refractivity contribution in [1.29, 1.82) is 0 Å². The van der Waals surface area contributed by atoms with Gasteiger partial charge in [-0.2, -0.15) is 0 Å². The standard InChI is InChI=1S/C11H16N4O3/c1-12-10-5-4-9(15(16)17)11(14-10)13-7-8-3-2-6-18-8/h4-5,8H,2-3,6-7H2,1H3,(H2,12,13,14). The van der Waals surface area contributed by atoms with Gasteiger partial charge in [0.2, 0.25) is 5.82 Å².